The van der Waals surface area contributed by atoms with Crippen molar-refractivity contribution in [2.75, 3.05) is 0 Å². The van der Waals surface area contributed by atoms with Gasteiger partial charge in [-0.25, -0.2) is 4.98 Å². The van der Waals surface area contributed by atoms with Gasteiger partial charge in [-0.15, -0.1) is 0 Å². The molecule has 2 rings (SSSR count). The molecule has 0 N–H and O–H groups in total. The lowest BCUT2D eigenvalue weighted by atomic mass is 10.2. The molecule has 0 spiro atoms. The highest BCUT2D eigenvalue weighted by Gasteiger charge is 2.07. The third-order valence-electron chi connectivity index (χ3n) is 2.43. The summed E-state index contributed by atoms with van der Waals surface area (Å²) in [4.78, 5) is 12.8. The summed E-state index contributed by atoms with van der Waals surface area (Å²) in [6.07, 6.45) is 5.17. The molecule has 4 heteroatoms. The standard InChI is InChI=1S/C15H12BrN3/c1-3-6-12(17-2)14-9-11(16)10-15(19-14)13-7-4-5-8-18-13/h3-10H,1-2H2/b12-6-. The number of hydrogen-bond donors (Lipinski definition) is 0. The Hall–Kier alpha value is -2.07. The van der Waals surface area contributed by atoms with E-state index in [2.05, 4.69) is 44.2 Å². The zero-order chi connectivity index (χ0) is 13.7. The Balaban J connectivity index is 2.55. The number of aliphatic imine (C=N–C) groups is 1. The minimum absolute atomic E-state index is 0.675. The van der Waals surface area contributed by atoms with Gasteiger partial charge in [0.05, 0.1) is 22.8 Å². The van der Waals surface area contributed by atoms with Gasteiger partial charge in [0.1, 0.15) is 0 Å². The second kappa shape index (κ2) is 6.20. The Labute approximate surface area is 120 Å². The fourth-order valence-corrected chi connectivity index (χ4v) is 2.04. The molecule has 0 saturated carbocycles. The van der Waals surface area contributed by atoms with Crippen LogP contribution in [0, 0.1) is 0 Å². The van der Waals surface area contributed by atoms with E-state index in [0.29, 0.717) is 5.70 Å². The highest BCUT2D eigenvalue weighted by molar-refractivity contribution is 9.10. The van der Waals surface area contributed by atoms with Crippen molar-refractivity contribution in [3.63, 3.8) is 0 Å². The van der Waals surface area contributed by atoms with Crippen molar-refractivity contribution in [3.05, 3.63) is 65.4 Å². The SMILES string of the molecule is C=C/C=C(\N=C)c1cc(Br)cc(-c2ccccn2)n1. The van der Waals surface area contributed by atoms with Crippen LogP contribution in [-0.2, 0) is 0 Å². The molecule has 2 aromatic heterocycles. The van der Waals surface area contributed by atoms with Crippen LogP contribution in [0.15, 0.2) is 64.7 Å². The molecule has 94 valence electrons. The number of hydrogen-bond acceptors (Lipinski definition) is 3. The quantitative estimate of drug-likeness (QED) is 0.628. The first kappa shape index (κ1) is 13.4. The molecule has 3 nitrogen and oxygen atoms in total. The Morgan fingerprint density at radius 1 is 1.26 bits per heavy atom. The maximum Gasteiger partial charge on any atom is 0.0905 e. The van der Waals surface area contributed by atoms with Crippen LogP contribution in [0.5, 0.6) is 0 Å². The van der Waals surface area contributed by atoms with Gasteiger partial charge < -0.3 is 0 Å². The highest BCUT2D eigenvalue weighted by atomic mass is 79.9. The highest BCUT2D eigenvalue weighted by Crippen LogP contribution is 2.24. The lowest BCUT2D eigenvalue weighted by molar-refractivity contribution is 1.21. The van der Waals surface area contributed by atoms with E-state index < -0.39 is 0 Å². The molecule has 0 amide bonds. The van der Waals surface area contributed by atoms with E-state index in [4.69, 9.17) is 0 Å². The van der Waals surface area contributed by atoms with Crippen LogP contribution in [0.4, 0.5) is 0 Å². The van der Waals surface area contributed by atoms with Crippen LogP contribution in [0.2, 0.25) is 0 Å². The molecule has 0 fully saturated rings. The van der Waals surface area contributed by atoms with E-state index >= 15 is 0 Å². The van der Waals surface area contributed by atoms with Crippen molar-refractivity contribution in [3.8, 4) is 11.4 Å². The lowest BCUT2D eigenvalue weighted by Crippen LogP contribution is -1.93. The lowest BCUT2D eigenvalue weighted by Gasteiger charge is -2.05. The summed E-state index contributed by atoms with van der Waals surface area (Å²) in [5.41, 5.74) is 2.99. The predicted molar refractivity (Wildman–Crippen MR) is 82.9 cm³/mol. The molecule has 0 atom stereocenters. The molecule has 2 aromatic rings. The van der Waals surface area contributed by atoms with Crippen LogP contribution in [0.1, 0.15) is 5.69 Å². The molecule has 0 aliphatic carbocycles. The van der Waals surface area contributed by atoms with Crippen molar-refractivity contribution in [1.82, 2.24) is 9.97 Å². The average Bonchev–Trinajstić information content (AvgIpc) is 2.45. The fourth-order valence-electron chi connectivity index (χ4n) is 1.60. The topological polar surface area (TPSA) is 38.1 Å². The van der Waals surface area contributed by atoms with Gasteiger partial charge in [0, 0.05) is 10.7 Å². The third kappa shape index (κ3) is 3.23. The van der Waals surface area contributed by atoms with Gasteiger partial charge in [0.15, 0.2) is 0 Å². The van der Waals surface area contributed by atoms with Crippen LogP contribution in [0.25, 0.3) is 17.1 Å². The number of halogens is 1. The maximum atomic E-state index is 4.55. The predicted octanol–water partition coefficient (Wildman–Crippen LogP) is 4.13. The Morgan fingerprint density at radius 2 is 2.11 bits per heavy atom. The van der Waals surface area contributed by atoms with Crippen molar-refractivity contribution in [1.29, 1.82) is 0 Å². The fraction of sp³-hybridized carbons (Fsp3) is 0. The second-order valence-corrected chi connectivity index (χ2v) is 4.63. The van der Waals surface area contributed by atoms with E-state index in [-0.39, 0.29) is 0 Å². The van der Waals surface area contributed by atoms with Gasteiger partial charge in [-0.05, 0) is 37.1 Å². The van der Waals surface area contributed by atoms with Gasteiger partial charge in [0.2, 0.25) is 0 Å². The first-order valence-electron chi connectivity index (χ1n) is 5.63. The summed E-state index contributed by atoms with van der Waals surface area (Å²) in [7, 11) is 0. The number of nitrogens with zero attached hydrogens (tertiary/aromatic N) is 3. The summed E-state index contributed by atoms with van der Waals surface area (Å²) in [6.45, 7) is 7.21. The summed E-state index contributed by atoms with van der Waals surface area (Å²) < 4.78 is 0.914. The van der Waals surface area contributed by atoms with Crippen LogP contribution in [0.3, 0.4) is 0 Å². The van der Waals surface area contributed by atoms with E-state index in [1.807, 2.05) is 30.3 Å². The molecule has 0 radical (unpaired) electrons. The van der Waals surface area contributed by atoms with Crippen molar-refractivity contribution in [2.24, 2.45) is 4.99 Å². The van der Waals surface area contributed by atoms with Gasteiger partial charge >= 0.3 is 0 Å². The number of rotatable bonds is 4. The normalized spacial score (nSPS) is 11.1. The monoisotopic (exact) mass is 313 g/mol. The van der Waals surface area contributed by atoms with Gasteiger partial charge in [-0.1, -0.05) is 34.7 Å². The minimum Gasteiger partial charge on any atom is -0.262 e. The van der Waals surface area contributed by atoms with Crippen molar-refractivity contribution >= 4 is 28.3 Å². The van der Waals surface area contributed by atoms with E-state index in [1.165, 1.54) is 0 Å². The molecule has 0 unspecified atom stereocenters. The third-order valence-corrected chi connectivity index (χ3v) is 2.88. The zero-order valence-electron chi connectivity index (χ0n) is 10.3. The minimum atomic E-state index is 0.675. The zero-order valence-corrected chi connectivity index (χ0v) is 11.8. The van der Waals surface area contributed by atoms with Crippen molar-refractivity contribution in [2.45, 2.75) is 0 Å². The first-order valence-corrected chi connectivity index (χ1v) is 6.42. The molecule has 0 aliphatic rings. The molecule has 0 aromatic carbocycles. The van der Waals surface area contributed by atoms with Crippen LogP contribution < -0.4 is 0 Å². The average molecular weight is 314 g/mol. The molecule has 0 bridgehead atoms. The molecular formula is C15H12BrN3. The smallest absolute Gasteiger partial charge is 0.0905 e. The number of pyridine rings is 2. The summed E-state index contributed by atoms with van der Waals surface area (Å²) in [6, 6.07) is 9.52. The number of aromatic nitrogens is 2. The first-order chi connectivity index (χ1) is 9.24. The van der Waals surface area contributed by atoms with E-state index in [0.717, 1.165) is 21.6 Å². The molecule has 0 saturated heterocycles. The molecule has 2 heterocycles. The van der Waals surface area contributed by atoms with Gasteiger partial charge in [-0.3, -0.25) is 9.98 Å². The summed E-state index contributed by atoms with van der Waals surface area (Å²) in [5.74, 6) is 0. The second-order valence-electron chi connectivity index (χ2n) is 3.72. The molecular weight excluding hydrogens is 302 g/mol. The van der Waals surface area contributed by atoms with Crippen molar-refractivity contribution < 1.29 is 0 Å². The maximum absolute atomic E-state index is 4.55. The van der Waals surface area contributed by atoms with Gasteiger partial charge in [0.25, 0.3) is 0 Å². The Morgan fingerprint density at radius 3 is 2.74 bits per heavy atom. The van der Waals surface area contributed by atoms with Crippen LogP contribution >= 0.6 is 15.9 Å². The van der Waals surface area contributed by atoms with E-state index in [9.17, 15) is 0 Å². The number of allylic oxidation sites excluding steroid dienone is 2. The molecule has 19 heavy (non-hydrogen) atoms. The largest absolute Gasteiger partial charge is 0.262 e. The van der Waals surface area contributed by atoms with Gasteiger partial charge in [-0.2, -0.15) is 0 Å². The molecule has 0 aliphatic heterocycles. The Kier molecular flexibility index (Phi) is 4.36. The Bertz CT molecular complexity index is 633. The summed E-state index contributed by atoms with van der Waals surface area (Å²) in [5, 5.41) is 0. The van der Waals surface area contributed by atoms with E-state index in [1.54, 1.807) is 18.3 Å². The summed E-state index contributed by atoms with van der Waals surface area (Å²) >= 11 is 3.48. The van der Waals surface area contributed by atoms with Crippen LogP contribution in [-0.4, -0.2) is 16.7 Å².